The first-order chi connectivity index (χ1) is 9.79. The fourth-order valence-corrected chi connectivity index (χ4v) is 3.20. The lowest BCUT2D eigenvalue weighted by Crippen LogP contribution is -2.36. The van der Waals surface area contributed by atoms with Gasteiger partial charge in [0.2, 0.25) is 0 Å². The molecule has 1 saturated carbocycles. The van der Waals surface area contributed by atoms with Crippen molar-refractivity contribution in [3.63, 3.8) is 0 Å². The average Bonchev–Trinajstić information content (AvgIpc) is 2.72. The molecule has 0 aromatic heterocycles. The van der Waals surface area contributed by atoms with E-state index in [9.17, 15) is 5.11 Å². The van der Waals surface area contributed by atoms with Gasteiger partial charge in [0.1, 0.15) is 5.75 Å². The second-order valence-corrected chi connectivity index (χ2v) is 5.93. The first kappa shape index (κ1) is 15.3. The van der Waals surface area contributed by atoms with E-state index >= 15 is 0 Å². The third-order valence-electron chi connectivity index (χ3n) is 4.29. The zero-order valence-electron chi connectivity index (χ0n) is 12.4. The van der Waals surface area contributed by atoms with Crippen LogP contribution in [0.4, 0.5) is 0 Å². The molecule has 0 saturated heterocycles. The van der Waals surface area contributed by atoms with Gasteiger partial charge in [0.25, 0.3) is 0 Å². The minimum absolute atomic E-state index is 0.363. The smallest absolute Gasteiger partial charge is 0.115 e. The lowest BCUT2D eigenvalue weighted by Gasteiger charge is -2.31. The third-order valence-corrected chi connectivity index (χ3v) is 4.29. The Morgan fingerprint density at radius 1 is 1.15 bits per heavy atom. The van der Waals surface area contributed by atoms with Gasteiger partial charge < -0.3 is 10.8 Å². The molecule has 1 aromatic rings. The summed E-state index contributed by atoms with van der Waals surface area (Å²) in [5.41, 5.74) is 6.89. The summed E-state index contributed by atoms with van der Waals surface area (Å²) in [4.78, 5) is 2.58. The van der Waals surface area contributed by atoms with Crippen molar-refractivity contribution in [3.8, 4) is 5.75 Å². The van der Waals surface area contributed by atoms with Crippen molar-refractivity contribution >= 4 is 0 Å². The summed E-state index contributed by atoms with van der Waals surface area (Å²) in [7, 11) is 0. The molecule has 1 aliphatic rings. The van der Waals surface area contributed by atoms with Gasteiger partial charge >= 0.3 is 0 Å². The number of phenols is 1. The molecule has 0 bridgehead atoms. The Bertz CT molecular complexity index is 386. The number of nitrogens with zero attached hydrogens (tertiary/aromatic N) is 1. The van der Waals surface area contributed by atoms with E-state index in [1.807, 2.05) is 12.1 Å². The van der Waals surface area contributed by atoms with Gasteiger partial charge in [-0.3, -0.25) is 4.90 Å². The maximum absolute atomic E-state index is 9.62. The van der Waals surface area contributed by atoms with E-state index in [0.29, 0.717) is 11.8 Å². The number of hydrogen-bond acceptors (Lipinski definition) is 3. The predicted octanol–water partition coefficient (Wildman–Crippen LogP) is 3.27. The SMILES string of the molecule is NCCCN(Cc1cccc(O)c1)C1CCCCCC1. The Balaban J connectivity index is 2.01. The largest absolute Gasteiger partial charge is 0.508 e. The van der Waals surface area contributed by atoms with Crippen LogP contribution < -0.4 is 5.73 Å². The second-order valence-electron chi connectivity index (χ2n) is 5.93. The lowest BCUT2D eigenvalue weighted by atomic mass is 10.1. The molecule has 0 spiro atoms. The molecule has 3 N–H and O–H groups in total. The Labute approximate surface area is 122 Å². The molecule has 1 aromatic carbocycles. The number of aromatic hydroxyl groups is 1. The second kappa shape index (κ2) is 8.28. The maximum Gasteiger partial charge on any atom is 0.115 e. The zero-order valence-corrected chi connectivity index (χ0v) is 12.4. The van der Waals surface area contributed by atoms with Gasteiger partial charge in [-0.1, -0.05) is 37.8 Å². The zero-order chi connectivity index (χ0) is 14.2. The van der Waals surface area contributed by atoms with Gasteiger partial charge in [-0.15, -0.1) is 0 Å². The first-order valence-corrected chi connectivity index (χ1v) is 8.01. The molecule has 112 valence electrons. The highest BCUT2D eigenvalue weighted by atomic mass is 16.3. The summed E-state index contributed by atoms with van der Waals surface area (Å²) in [6.07, 6.45) is 9.14. The van der Waals surface area contributed by atoms with Crippen LogP contribution in [-0.4, -0.2) is 29.1 Å². The van der Waals surface area contributed by atoms with Gasteiger partial charge in [0, 0.05) is 12.6 Å². The van der Waals surface area contributed by atoms with Crippen molar-refractivity contribution in [2.75, 3.05) is 13.1 Å². The van der Waals surface area contributed by atoms with Gasteiger partial charge in [0.15, 0.2) is 0 Å². The summed E-state index contributed by atoms with van der Waals surface area (Å²) >= 11 is 0. The molecule has 0 unspecified atom stereocenters. The van der Waals surface area contributed by atoms with Gasteiger partial charge in [-0.05, 0) is 50.0 Å². The Hall–Kier alpha value is -1.06. The van der Waals surface area contributed by atoms with Gasteiger partial charge in [-0.2, -0.15) is 0 Å². The van der Waals surface area contributed by atoms with Gasteiger partial charge in [0.05, 0.1) is 0 Å². The fourth-order valence-electron chi connectivity index (χ4n) is 3.20. The van der Waals surface area contributed by atoms with E-state index < -0.39 is 0 Å². The van der Waals surface area contributed by atoms with Crippen LogP contribution in [0, 0.1) is 0 Å². The summed E-state index contributed by atoms with van der Waals surface area (Å²) in [6, 6.07) is 8.34. The summed E-state index contributed by atoms with van der Waals surface area (Å²) < 4.78 is 0. The molecule has 0 aliphatic heterocycles. The van der Waals surface area contributed by atoms with E-state index in [4.69, 9.17) is 5.73 Å². The number of rotatable bonds is 6. The number of phenolic OH excluding ortho intramolecular Hbond substituents is 1. The number of benzene rings is 1. The standard InChI is InChI=1S/C17H28N2O/c18-11-6-12-19(16-8-3-1-2-4-9-16)14-15-7-5-10-17(20)13-15/h5,7,10,13,16,20H,1-4,6,8-9,11-12,14,18H2. The van der Waals surface area contributed by atoms with E-state index in [1.54, 1.807) is 6.07 Å². The highest BCUT2D eigenvalue weighted by Crippen LogP contribution is 2.24. The van der Waals surface area contributed by atoms with Crippen LogP contribution >= 0.6 is 0 Å². The first-order valence-electron chi connectivity index (χ1n) is 8.01. The Kier molecular flexibility index (Phi) is 6.34. The van der Waals surface area contributed by atoms with Crippen LogP contribution in [-0.2, 0) is 6.54 Å². The van der Waals surface area contributed by atoms with Crippen LogP contribution in [0.15, 0.2) is 24.3 Å². The highest BCUT2D eigenvalue weighted by molar-refractivity contribution is 5.27. The van der Waals surface area contributed by atoms with Crippen molar-refractivity contribution < 1.29 is 5.11 Å². The van der Waals surface area contributed by atoms with Crippen LogP contribution in [0.3, 0.4) is 0 Å². The Morgan fingerprint density at radius 2 is 1.90 bits per heavy atom. The molecule has 1 fully saturated rings. The third kappa shape index (κ3) is 4.80. The molecule has 3 heteroatoms. The molecular formula is C17H28N2O. The molecule has 1 aliphatic carbocycles. The molecular weight excluding hydrogens is 248 g/mol. The molecule has 2 rings (SSSR count). The van der Waals surface area contributed by atoms with E-state index in [-0.39, 0.29) is 0 Å². The monoisotopic (exact) mass is 276 g/mol. The predicted molar refractivity (Wildman–Crippen MR) is 83.7 cm³/mol. The molecule has 0 heterocycles. The van der Waals surface area contributed by atoms with Crippen molar-refractivity contribution in [2.24, 2.45) is 5.73 Å². The van der Waals surface area contributed by atoms with E-state index in [0.717, 1.165) is 26.1 Å². The molecule has 20 heavy (non-hydrogen) atoms. The minimum Gasteiger partial charge on any atom is -0.508 e. The molecule has 0 amide bonds. The summed E-state index contributed by atoms with van der Waals surface area (Å²) in [5.74, 6) is 0.363. The quantitative estimate of drug-likeness (QED) is 0.784. The van der Waals surface area contributed by atoms with Crippen LogP contribution in [0.1, 0.15) is 50.5 Å². The topological polar surface area (TPSA) is 49.5 Å². The highest BCUT2D eigenvalue weighted by Gasteiger charge is 2.19. The van der Waals surface area contributed by atoms with Crippen LogP contribution in [0.2, 0.25) is 0 Å². The minimum atomic E-state index is 0.363. The fraction of sp³-hybridized carbons (Fsp3) is 0.647. The number of hydrogen-bond donors (Lipinski definition) is 2. The molecule has 3 nitrogen and oxygen atoms in total. The van der Waals surface area contributed by atoms with E-state index in [2.05, 4.69) is 11.0 Å². The van der Waals surface area contributed by atoms with Crippen molar-refractivity contribution in [1.82, 2.24) is 4.90 Å². The van der Waals surface area contributed by atoms with Crippen molar-refractivity contribution in [3.05, 3.63) is 29.8 Å². The molecule has 0 atom stereocenters. The lowest BCUT2D eigenvalue weighted by molar-refractivity contribution is 0.169. The normalized spacial score (nSPS) is 17.3. The van der Waals surface area contributed by atoms with Crippen molar-refractivity contribution in [2.45, 2.75) is 57.5 Å². The van der Waals surface area contributed by atoms with Crippen LogP contribution in [0.5, 0.6) is 5.75 Å². The molecule has 0 radical (unpaired) electrons. The summed E-state index contributed by atoms with van der Waals surface area (Å²) in [6.45, 7) is 2.75. The van der Waals surface area contributed by atoms with Crippen molar-refractivity contribution in [1.29, 1.82) is 0 Å². The number of nitrogens with two attached hydrogens (primary N) is 1. The van der Waals surface area contributed by atoms with Crippen LogP contribution in [0.25, 0.3) is 0 Å². The maximum atomic E-state index is 9.62. The van der Waals surface area contributed by atoms with Gasteiger partial charge in [-0.25, -0.2) is 0 Å². The Morgan fingerprint density at radius 3 is 2.55 bits per heavy atom. The average molecular weight is 276 g/mol. The summed E-state index contributed by atoms with van der Waals surface area (Å²) in [5, 5.41) is 9.62. The van der Waals surface area contributed by atoms with E-state index in [1.165, 1.54) is 44.1 Å².